The molecule has 0 saturated carbocycles. The van der Waals surface area contributed by atoms with Crippen LogP contribution in [0.4, 0.5) is 5.82 Å². The average molecular weight is 233 g/mol. The van der Waals surface area contributed by atoms with Gasteiger partial charge in [0, 0.05) is 25.0 Å². The molecule has 0 aliphatic rings. The Balaban J connectivity index is 2.01. The van der Waals surface area contributed by atoms with Crippen LogP contribution in [0, 0.1) is 5.92 Å². The smallest absolute Gasteiger partial charge is 0.152 e. The third kappa shape index (κ3) is 2.94. The Labute approximate surface area is 101 Å². The molecule has 0 fully saturated rings. The van der Waals surface area contributed by atoms with Gasteiger partial charge in [-0.25, -0.2) is 9.50 Å². The third-order valence-corrected chi connectivity index (χ3v) is 2.63. The molecule has 0 aliphatic carbocycles. The molecule has 0 amide bonds. The fourth-order valence-corrected chi connectivity index (χ4v) is 1.91. The summed E-state index contributed by atoms with van der Waals surface area (Å²) in [7, 11) is 0. The van der Waals surface area contributed by atoms with Crippen molar-refractivity contribution in [2.75, 3.05) is 11.9 Å². The van der Waals surface area contributed by atoms with Gasteiger partial charge in [0.05, 0.1) is 6.20 Å². The Hall–Kier alpha value is -1.62. The van der Waals surface area contributed by atoms with Crippen LogP contribution >= 0.6 is 0 Å². The zero-order valence-electron chi connectivity index (χ0n) is 10.3. The Morgan fingerprint density at radius 2 is 2.24 bits per heavy atom. The molecular weight excluding hydrogens is 214 g/mol. The van der Waals surface area contributed by atoms with Crippen molar-refractivity contribution in [1.29, 1.82) is 0 Å². The summed E-state index contributed by atoms with van der Waals surface area (Å²) in [6.45, 7) is 5.08. The maximum Gasteiger partial charge on any atom is 0.152 e. The van der Waals surface area contributed by atoms with Gasteiger partial charge in [-0.3, -0.25) is 0 Å². The maximum atomic E-state index is 6.03. The van der Waals surface area contributed by atoms with Crippen LogP contribution < -0.4 is 11.1 Å². The second kappa shape index (κ2) is 5.14. The first-order valence-corrected chi connectivity index (χ1v) is 5.94. The molecule has 0 aliphatic heterocycles. The van der Waals surface area contributed by atoms with Crippen molar-refractivity contribution in [2.24, 2.45) is 11.7 Å². The highest BCUT2D eigenvalue weighted by Crippen LogP contribution is 2.12. The van der Waals surface area contributed by atoms with Gasteiger partial charge in [0.2, 0.25) is 0 Å². The fraction of sp³-hybridized carbons (Fsp3) is 0.500. The highest BCUT2D eigenvalue weighted by molar-refractivity contribution is 5.66. The number of anilines is 1. The number of nitrogens with two attached hydrogens (primary N) is 1. The lowest BCUT2D eigenvalue weighted by Crippen LogP contribution is -2.30. The number of nitrogens with zero attached hydrogens (tertiary/aromatic N) is 3. The van der Waals surface area contributed by atoms with Crippen molar-refractivity contribution in [2.45, 2.75) is 26.3 Å². The second-order valence-electron chi connectivity index (χ2n) is 4.71. The Morgan fingerprint density at radius 3 is 3.00 bits per heavy atom. The van der Waals surface area contributed by atoms with E-state index in [2.05, 4.69) is 29.2 Å². The van der Waals surface area contributed by atoms with Crippen molar-refractivity contribution in [3.63, 3.8) is 0 Å². The van der Waals surface area contributed by atoms with Gasteiger partial charge in [-0.05, 0) is 18.4 Å². The van der Waals surface area contributed by atoms with Crippen molar-refractivity contribution < 1.29 is 0 Å². The number of hydrogen-bond acceptors (Lipinski definition) is 4. The van der Waals surface area contributed by atoms with Crippen molar-refractivity contribution in [3.8, 4) is 0 Å². The van der Waals surface area contributed by atoms with Crippen molar-refractivity contribution >= 4 is 11.3 Å². The summed E-state index contributed by atoms with van der Waals surface area (Å²) in [6.07, 6.45) is 6.33. The lowest BCUT2D eigenvalue weighted by Gasteiger charge is -2.15. The highest BCUT2D eigenvalue weighted by Gasteiger charge is 2.07. The molecule has 3 N–H and O–H groups in total. The van der Waals surface area contributed by atoms with Gasteiger partial charge in [0.25, 0.3) is 0 Å². The summed E-state index contributed by atoms with van der Waals surface area (Å²) in [5, 5.41) is 7.44. The van der Waals surface area contributed by atoms with Crippen LogP contribution in [0.25, 0.3) is 5.52 Å². The molecule has 5 nitrogen and oxygen atoms in total. The number of rotatable bonds is 5. The van der Waals surface area contributed by atoms with E-state index in [0.717, 1.165) is 24.3 Å². The van der Waals surface area contributed by atoms with E-state index in [-0.39, 0.29) is 6.04 Å². The summed E-state index contributed by atoms with van der Waals surface area (Å²) < 4.78 is 1.79. The minimum Gasteiger partial charge on any atom is -0.367 e. The molecule has 1 unspecified atom stereocenters. The number of aromatic nitrogens is 3. The van der Waals surface area contributed by atoms with E-state index >= 15 is 0 Å². The quantitative estimate of drug-likeness (QED) is 0.821. The van der Waals surface area contributed by atoms with E-state index in [1.807, 2.05) is 12.3 Å². The monoisotopic (exact) mass is 233 g/mol. The standard InChI is InChI=1S/C12H19N5/c1-9(2)7-10(13)8-15-12-11-3-4-16-17(11)6-5-14-12/h3-6,9-10H,7-8,13H2,1-2H3,(H,14,15). The summed E-state index contributed by atoms with van der Waals surface area (Å²) >= 11 is 0. The van der Waals surface area contributed by atoms with Crippen molar-refractivity contribution in [3.05, 3.63) is 24.7 Å². The SMILES string of the molecule is CC(C)CC(N)CNc1nccn2nccc12. The summed E-state index contributed by atoms with van der Waals surface area (Å²) in [6, 6.07) is 2.09. The number of fused-ring (bicyclic) bond motifs is 1. The van der Waals surface area contributed by atoms with E-state index in [1.165, 1.54) is 0 Å². The molecule has 2 aromatic heterocycles. The summed E-state index contributed by atoms with van der Waals surface area (Å²) in [4.78, 5) is 4.30. The molecular formula is C12H19N5. The largest absolute Gasteiger partial charge is 0.367 e. The van der Waals surface area contributed by atoms with Crippen LogP contribution in [-0.2, 0) is 0 Å². The molecule has 2 rings (SSSR count). The predicted octanol–water partition coefficient (Wildman–Crippen LogP) is 1.51. The van der Waals surface area contributed by atoms with Gasteiger partial charge in [-0.2, -0.15) is 5.10 Å². The molecule has 17 heavy (non-hydrogen) atoms. The maximum absolute atomic E-state index is 6.03. The Kier molecular flexibility index (Phi) is 3.58. The molecule has 0 bridgehead atoms. The predicted molar refractivity (Wildman–Crippen MR) is 68.9 cm³/mol. The first-order chi connectivity index (χ1) is 8.16. The molecule has 1 atom stereocenters. The third-order valence-electron chi connectivity index (χ3n) is 2.63. The second-order valence-corrected chi connectivity index (χ2v) is 4.71. The Morgan fingerprint density at radius 1 is 1.41 bits per heavy atom. The highest BCUT2D eigenvalue weighted by atomic mass is 15.2. The first-order valence-electron chi connectivity index (χ1n) is 5.94. The molecule has 5 heteroatoms. The Bertz CT molecular complexity index is 476. The number of hydrogen-bond donors (Lipinski definition) is 2. The summed E-state index contributed by atoms with van der Waals surface area (Å²) in [5.41, 5.74) is 7.01. The van der Waals surface area contributed by atoms with Gasteiger partial charge < -0.3 is 11.1 Å². The van der Waals surface area contributed by atoms with E-state index in [4.69, 9.17) is 5.73 Å². The fourth-order valence-electron chi connectivity index (χ4n) is 1.91. The first kappa shape index (κ1) is 11.9. The van der Waals surface area contributed by atoms with E-state index in [1.54, 1.807) is 16.9 Å². The zero-order chi connectivity index (χ0) is 12.3. The molecule has 2 aromatic rings. The molecule has 0 radical (unpaired) electrons. The van der Waals surface area contributed by atoms with Crippen LogP contribution in [0.3, 0.4) is 0 Å². The normalized spacial score (nSPS) is 13.2. The van der Waals surface area contributed by atoms with E-state index in [9.17, 15) is 0 Å². The lowest BCUT2D eigenvalue weighted by atomic mass is 10.0. The molecule has 0 aromatic carbocycles. The van der Waals surface area contributed by atoms with E-state index < -0.39 is 0 Å². The summed E-state index contributed by atoms with van der Waals surface area (Å²) in [5.74, 6) is 1.45. The van der Waals surface area contributed by atoms with Crippen LogP contribution in [-0.4, -0.2) is 27.2 Å². The minimum absolute atomic E-state index is 0.153. The average Bonchev–Trinajstić information content (AvgIpc) is 2.73. The van der Waals surface area contributed by atoms with Crippen LogP contribution in [0.15, 0.2) is 24.7 Å². The zero-order valence-corrected chi connectivity index (χ0v) is 10.3. The molecule has 0 saturated heterocycles. The van der Waals surface area contributed by atoms with Gasteiger partial charge in [0.15, 0.2) is 5.82 Å². The van der Waals surface area contributed by atoms with Crippen molar-refractivity contribution in [1.82, 2.24) is 14.6 Å². The van der Waals surface area contributed by atoms with E-state index in [0.29, 0.717) is 5.92 Å². The van der Waals surface area contributed by atoms with Crippen LogP contribution in [0.5, 0.6) is 0 Å². The van der Waals surface area contributed by atoms with Gasteiger partial charge >= 0.3 is 0 Å². The molecule has 92 valence electrons. The van der Waals surface area contributed by atoms with Crippen LogP contribution in [0.2, 0.25) is 0 Å². The molecule has 2 heterocycles. The van der Waals surface area contributed by atoms with Crippen LogP contribution in [0.1, 0.15) is 20.3 Å². The topological polar surface area (TPSA) is 68.2 Å². The van der Waals surface area contributed by atoms with Gasteiger partial charge in [-0.15, -0.1) is 0 Å². The molecule has 0 spiro atoms. The van der Waals surface area contributed by atoms with Gasteiger partial charge in [-0.1, -0.05) is 13.8 Å². The minimum atomic E-state index is 0.153. The van der Waals surface area contributed by atoms with Gasteiger partial charge in [0.1, 0.15) is 5.52 Å². The lowest BCUT2D eigenvalue weighted by molar-refractivity contribution is 0.508. The number of nitrogens with one attached hydrogen (secondary N) is 1.